The number of ether oxygens (including phenoxy) is 1. The van der Waals surface area contributed by atoms with Crippen LogP contribution in [0.25, 0.3) is 0 Å². The predicted octanol–water partition coefficient (Wildman–Crippen LogP) is 1.76. The third-order valence-corrected chi connectivity index (χ3v) is 2.41. The SMILES string of the molecule is COc1ccc(C(F)F)cc1C(CN)C(=O)O. The molecule has 3 N–H and O–H groups in total. The summed E-state index contributed by atoms with van der Waals surface area (Å²) in [7, 11) is 1.34. The highest BCUT2D eigenvalue weighted by molar-refractivity contribution is 5.77. The summed E-state index contributed by atoms with van der Waals surface area (Å²) in [5, 5.41) is 8.95. The number of nitrogens with two attached hydrogens (primary N) is 1. The van der Waals surface area contributed by atoms with Crippen molar-refractivity contribution in [2.24, 2.45) is 5.73 Å². The van der Waals surface area contributed by atoms with Gasteiger partial charge in [0.15, 0.2) is 0 Å². The number of benzene rings is 1. The van der Waals surface area contributed by atoms with Gasteiger partial charge in [0.1, 0.15) is 5.75 Å². The third-order valence-electron chi connectivity index (χ3n) is 2.41. The summed E-state index contributed by atoms with van der Waals surface area (Å²) in [5.74, 6) is -1.98. The van der Waals surface area contributed by atoms with Crippen molar-refractivity contribution in [3.8, 4) is 5.75 Å². The average Bonchev–Trinajstić information content (AvgIpc) is 2.29. The number of halogens is 2. The molecule has 1 unspecified atom stereocenters. The zero-order chi connectivity index (χ0) is 13.0. The van der Waals surface area contributed by atoms with Crippen LogP contribution in [0.3, 0.4) is 0 Å². The van der Waals surface area contributed by atoms with E-state index in [1.807, 2.05) is 0 Å². The van der Waals surface area contributed by atoms with E-state index in [1.54, 1.807) is 0 Å². The Morgan fingerprint density at radius 2 is 2.18 bits per heavy atom. The van der Waals surface area contributed by atoms with E-state index in [4.69, 9.17) is 15.6 Å². The van der Waals surface area contributed by atoms with Crippen LogP contribution in [0.5, 0.6) is 5.75 Å². The van der Waals surface area contributed by atoms with Crippen molar-refractivity contribution in [1.29, 1.82) is 0 Å². The molecule has 0 spiro atoms. The first kappa shape index (κ1) is 13.4. The van der Waals surface area contributed by atoms with Crippen molar-refractivity contribution in [2.45, 2.75) is 12.3 Å². The highest BCUT2D eigenvalue weighted by Crippen LogP contribution is 2.31. The number of carbonyl (C=O) groups is 1. The summed E-state index contributed by atoms with van der Waals surface area (Å²) in [5.41, 5.74) is 5.25. The molecule has 1 aromatic carbocycles. The van der Waals surface area contributed by atoms with Crippen molar-refractivity contribution < 1.29 is 23.4 Å². The van der Waals surface area contributed by atoms with Crippen molar-refractivity contribution in [3.63, 3.8) is 0 Å². The van der Waals surface area contributed by atoms with Crippen molar-refractivity contribution >= 4 is 5.97 Å². The Hall–Kier alpha value is -1.69. The molecular formula is C11H13F2NO3. The summed E-state index contributed by atoms with van der Waals surface area (Å²) in [6, 6.07) is 3.64. The van der Waals surface area contributed by atoms with Crippen LogP contribution >= 0.6 is 0 Å². The highest BCUT2D eigenvalue weighted by atomic mass is 19.3. The number of hydrogen-bond donors (Lipinski definition) is 2. The molecule has 1 rings (SSSR count). The second-order valence-corrected chi connectivity index (χ2v) is 3.43. The minimum absolute atomic E-state index is 0.167. The van der Waals surface area contributed by atoms with Gasteiger partial charge in [0, 0.05) is 17.7 Å². The summed E-state index contributed by atoms with van der Waals surface area (Å²) < 4.78 is 30.0. The summed E-state index contributed by atoms with van der Waals surface area (Å²) >= 11 is 0. The lowest BCUT2D eigenvalue weighted by Gasteiger charge is -2.15. The molecule has 4 nitrogen and oxygen atoms in total. The molecule has 0 amide bonds. The molecule has 0 aromatic heterocycles. The van der Waals surface area contributed by atoms with Crippen LogP contribution in [0.15, 0.2) is 18.2 Å². The van der Waals surface area contributed by atoms with Crippen molar-refractivity contribution in [1.82, 2.24) is 0 Å². The molecule has 0 aliphatic rings. The molecule has 1 atom stereocenters. The Kier molecular flexibility index (Phi) is 4.39. The largest absolute Gasteiger partial charge is 0.496 e. The zero-order valence-corrected chi connectivity index (χ0v) is 9.19. The molecular weight excluding hydrogens is 232 g/mol. The fourth-order valence-electron chi connectivity index (χ4n) is 1.52. The fourth-order valence-corrected chi connectivity index (χ4v) is 1.52. The van der Waals surface area contributed by atoms with E-state index in [1.165, 1.54) is 19.2 Å². The van der Waals surface area contributed by atoms with Gasteiger partial charge in [-0.1, -0.05) is 0 Å². The van der Waals surface area contributed by atoms with Crippen LogP contribution in [0.4, 0.5) is 8.78 Å². The Balaban J connectivity index is 3.26. The Morgan fingerprint density at radius 1 is 1.53 bits per heavy atom. The fraction of sp³-hybridized carbons (Fsp3) is 0.364. The van der Waals surface area contributed by atoms with Crippen LogP contribution in [-0.2, 0) is 4.79 Å². The van der Waals surface area contributed by atoms with Gasteiger partial charge in [0.05, 0.1) is 13.0 Å². The first-order chi connectivity index (χ1) is 8.01. The molecule has 0 radical (unpaired) electrons. The molecule has 0 aliphatic heterocycles. The lowest BCUT2D eigenvalue weighted by atomic mass is 9.96. The van der Waals surface area contributed by atoms with Gasteiger partial charge in [-0.2, -0.15) is 0 Å². The normalized spacial score (nSPS) is 12.5. The van der Waals surface area contributed by atoms with E-state index in [-0.39, 0.29) is 23.4 Å². The van der Waals surface area contributed by atoms with Crippen molar-refractivity contribution in [3.05, 3.63) is 29.3 Å². The first-order valence-corrected chi connectivity index (χ1v) is 4.90. The van der Waals surface area contributed by atoms with Gasteiger partial charge in [-0.25, -0.2) is 8.78 Å². The van der Waals surface area contributed by atoms with Crippen molar-refractivity contribution in [2.75, 3.05) is 13.7 Å². The number of carboxylic acid groups (broad SMARTS) is 1. The quantitative estimate of drug-likeness (QED) is 0.829. The molecule has 0 saturated carbocycles. The number of alkyl halides is 2. The molecule has 0 heterocycles. The maximum absolute atomic E-state index is 12.5. The molecule has 0 aliphatic carbocycles. The van der Waals surface area contributed by atoms with Crippen LogP contribution in [0, 0.1) is 0 Å². The van der Waals surface area contributed by atoms with E-state index in [9.17, 15) is 13.6 Å². The van der Waals surface area contributed by atoms with E-state index in [0.29, 0.717) is 0 Å². The second kappa shape index (κ2) is 5.58. The second-order valence-electron chi connectivity index (χ2n) is 3.43. The van der Waals surface area contributed by atoms with Gasteiger partial charge in [-0.3, -0.25) is 4.79 Å². The highest BCUT2D eigenvalue weighted by Gasteiger charge is 2.23. The minimum atomic E-state index is -2.66. The van der Waals surface area contributed by atoms with E-state index >= 15 is 0 Å². The number of rotatable bonds is 5. The predicted molar refractivity (Wildman–Crippen MR) is 57.4 cm³/mol. The zero-order valence-electron chi connectivity index (χ0n) is 9.19. The Labute approximate surface area is 97.0 Å². The molecule has 0 saturated heterocycles. The van der Waals surface area contributed by atoms with Gasteiger partial charge in [0.2, 0.25) is 0 Å². The maximum Gasteiger partial charge on any atom is 0.312 e. The average molecular weight is 245 g/mol. The van der Waals surface area contributed by atoms with Gasteiger partial charge < -0.3 is 15.6 Å². The van der Waals surface area contributed by atoms with Crippen LogP contribution in [0.2, 0.25) is 0 Å². The van der Waals surface area contributed by atoms with Crippen LogP contribution in [0.1, 0.15) is 23.5 Å². The van der Waals surface area contributed by atoms with Gasteiger partial charge in [0.25, 0.3) is 6.43 Å². The van der Waals surface area contributed by atoms with E-state index in [0.717, 1.165) is 6.07 Å². The Bertz CT molecular complexity index is 410. The topological polar surface area (TPSA) is 72.5 Å². The molecule has 94 valence electrons. The number of carboxylic acids is 1. The number of hydrogen-bond acceptors (Lipinski definition) is 3. The summed E-state index contributed by atoms with van der Waals surface area (Å²) in [4.78, 5) is 11.0. The first-order valence-electron chi connectivity index (χ1n) is 4.90. The third kappa shape index (κ3) is 2.91. The van der Waals surface area contributed by atoms with E-state index < -0.39 is 18.3 Å². The molecule has 6 heteroatoms. The standard InChI is InChI=1S/C11H13F2NO3/c1-17-9-3-2-6(10(12)13)4-7(9)8(5-14)11(15)16/h2-4,8,10H,5,14H2,1H3,(H,15,16). The van der Waals surface area contributed by atoms with E-state index in [2.05, 4.69) is 0 Å². The maximum atomic E-state index is 12.5. The summed E-state index contributed by atoms with van der Waals surface area (Å²) in [6.07, 6.45) is -2.66. The smallest absolute Gasteiger partial charge is 0.312 e. The lowest BCUT2D eigenvalue weighted by Crippen LogP contribution is -2.21. The number of aliphatic carboxylic acids is 1. The Morgan fingerprint density at radius 3 is 2.59 bits per heavy atom. The lowest BCUT2D eigenvalue weighted by molar-refractivity contribution is -0.138. The van der Waals surface area contributed by atoms with Crippen LogP contribution < -0.4 is 10.5 Å². The molecule has 17 heavy (non-hydrogen) atoms. The van der Waals surface area contributed by atoms with Gasteiger partial charge in [-0.15, -0.1) is 0 Å². The molecule has 0 bridgehead atoms. The summed E-state index contributed by atoms with van der Waals surface area (Å²) in [6.45, 7) is -0.182. The van der Waals surface area contributed by atoms with Gasteiger partial charge in [-0.05, 0) is 18.2 Å². The van der Waals surface area contributed by atoms with Crippen LogP contribution in [-0.4, -0.2) is 24.7 Å². The monoisotopic (exact) mass is 245 g/mol. The minimum Gasteiger partial charge on any atom is -0.496 e. The molecule has 0 fully saturated rings. The number of methoxy groups -OCH3 is 1. The molecule has 1 aromatic rings. The van der Waals surface area contributed by atoms with Gasteiger partial charge >= 0.3 is 5.97 Å².